The van der Waals surface area contributed by atoms with Crippen molar-refractivity contribution in [3.63, 3.8) is 0 Å². The standard InChI is InChI=1S/C19H25N5O2/c1-14(25)22-16-6-4-7-17(13-16)23-19(26)15-8-10-21-18(12-15)20-9-5-11-24(2)3/h4,6-8,10,12-13H,5,9,11H2,1-3H3,(H,20,21)(H,22,25)(H,23,26). The molecule has 0 saturated heterocycles. The molecule has 1 aromatic carbocycles. The fraction of sp³-hybridized carbons (Fsp3) is 0.316. The van der Waals surface area contributed by atoms with Gasteiger partial charge >= 0.3 is 0 Å². The van der Waals surface area contributed by atoms with Crippen LogP contribution in [0, 0.1) is 0 Å². The van der Waals surface area contributed by atoms with Gasteiger partial charge in [0.15, 0.2) is 0 Å². The number of nitrogens with one attached hydrogen (secondary N) is 3. The molecule has 2 amide bonds. The summed E-state index contributed by atoms with van der Waals surface area (Å²) in [6, 6.07) is 10.4. The number of hydrogen-bond donors (Lipinski definition) is 3. The highest BCUT2D eigenvalue weighted by atomic mass is 16.2. The van der Waals surface area contributed by atoms with Gasteiger partial charge in [0.25, 0.3) is 5.91 Å². The van der Waals surface area contributed by atoms with E-state index in [1.165, 1.54) is 6.92 Å². The molecule has 0 aliphatic rings. The molecular formula is C19H25N5O2. The highest BCUT2D eigenvalue weighted by molar-refractivity contribution is 6.05. The summed E-state index contributed by atoms with van der Waals surface area (Å²) in [6.45, 7) is 3.21. The van der Waals surface area contributed by atoms with E-state index in [1.807, 2.05) is 14.1 Å². The topological polar surface area (TPSA) is 86.4 Å². The second kappa shape index (κ2) is 9.53. The number of benzene rings is 1. The van der Waals surface area contributed by atoms with Crippen LogP contribution in [0.1, 0.15) is 23.7 Å². The van der Waals surface area contributed by atoms with Crippen molar-refractivity contribution in [2.24, 2.45) is 0 Å². The highest BCUT2D eigenvalue weighted by Crippen LogP contribution is 2.16. The van der Waals surface area contributed by atoms with Crippen LogP contribution in [-0.4, -0.2) is 48.9 Å². The zero-order valence-corrected chi connectivity index (χ0v) is 15.4. The Bertz CT molecular complexity index is 761. The Morgan fingerprint density at radius 2 is 1.81 bits per heavy atom. The number of rotatable bonds is 8. The van der Waals surface area contributed by atoms with Crippen LogP contribution >= 0.6 is 0 Å². The molecule has 0 unspecified atom stereocenters. The lowest BCUT2D eigenvalue weighted by Gasteiger charge is -2.11. The Kier molecular flexibility index (Phi) is 7.11. The molecular weight excluding hydrogens is 330 g/mol. The van der Waals surface area contributed by atoms with Gasteiger partial charge in [0.2, 0.25) is 5.91 Å². The fourth-order valence-electron chi connectivity index (χ4n) is 2.36. The SMILES string of the molecule is CC(=O)Nc1cccc(NC(=O)c2ccnc(NCCCN(C)C)c2)c1. The Hall–Kier alpha value is -2.93. The van der Waals surface area contributed by atoms with Crippen molar-refractivity contribution in [3.8, 4) is 0 Å². The molecule has 0 fully saturated rings. The predicted octanol–water partition coefficient (Wildman–Crippen LogP) is 2.66. The van der Waals surface area contributed by atoms with Crippen molar-refractivity contribution in [2.75, 3.05) is 43.1 Å². The first-order chi connectivity index (χ1) is 12.4. The second-order valence-electron chi connectivity index (χ2n) is 6.23. The number of hydrogen-bond acceptors (Lipinski definition) is 5. The minimum Gasteiger partial charge on any atom is -0.370 e. The molecule has 0 aliphatic carbocycles. The Labute approximate surface area is 153 Å². The van der Waals surface area contributed by atoms with Crippen LogP contribution in [0.25, 0.3) is 0 Å². The molecule has 26 heavy (non-hydrogen) atoms. The summed E-state index contributed by atoms with van der Waals surface area (Å²) in [4.78, 5) is 30.0. The van der Waals surface area contributed by atoms with Crippen molar-refractivity contribution >= 4 is 29.0 Å². The normalized spacial score (nSPS) is 10.5. The minimum atomic E-state index is -0.233. The third kappa shape index (κ3) is 6.52. The average molecular weight is 355 g/mol. The molecule has 0 radical (unpaired) electrons. The van der Waals surface area contributed by atoms with Crippen molar-refractivity contribution in [1.82, 2.24) is 9.88 Å². The molecule has 0 saturated carbocycles. The van der Waals surface area contributed by atoms with E-state index in [9.17, 15) is 9.59 Å². The highest BCUT2D eigenvalue weighted by Gasteiger charge is 2.08. The molecule has 0 aliphatic heterocycles. The first-order valence-electron chi connectivity index (χ1n) is 8.47. The van der Waals surface area contributed by atoms with E-state index in [0.29, 0.717) is 22.8 Å². The summed E-state index contributed by atoms with van der Waals surface area (Å²) in [7, 11) is 4.06. The molecule has 1 aromatic heterocycles. The summed E-state index contributed by atoms with van der Waals surface area (Å²) in [6.07, 6.45) is 2.60. The Morgan fingerprint density at radius 1 is 1.08 bits per heavy atom. The number of carbonyl (C=O) groups excluding carboxylic acids is 2. The Morgan fingerprint density at radius 3 is 2.50 bits per heavy atom. The van der Waals surface area contributed by atoms with Gasteiger partial charge in [-0.05, 0) is 57.4 Å². The maximum Gasteiger partial charge on any atom is 0.255 e. The summed E-state index contributed by atoms with van der Waals surface area (Å²) in [5, 5.41) is 8.74. The zero-order valence-electron chi connectivity index (χ0n) is 15.4. The van der Waals surface area contributed by atoms with Gasteiger partial charge in [0.05, 0.1) is 0 Å². The van der Waals surface area contributed by atoms with Gasteiger partial charge in [0, 0.05) is 36.6 Å². The summed E-state index contributed by atoms with van der Waals surface area (Å²) in [5.41, 5.74) is 1.76. The number of anilines is 3. The molecule has 3 N–H and O–H groups in total. The van der Waals surface area contributed by atoms with E-state index in [1.54, 1.807) is 42.6 Å². The molecule has 7 nitrogen and oxygen atoms in total. The van der Waals surface area contributed by atoms with Crippen LogP contribution in [0.4, 0.5) is 17.2 Å². The van der Waals surface area contributed by atoms with Gasteiger partial charge in [-0.15, -0.1) is 0 Å². The maximum atomic E-state index is 12.5. The quantitative estimate of drug-likeness (QED) is 0.634. The monoisotopic (exact) mass is 355 g/mol. The van der Waals surface area contributed by atoms with E-state index in [2.05, 4.69) is 25.8 Å². The number of aromatic nitrogens is 1. The van der Waals surface area contributed by atoms with E-state index < -0.39 is 0 Å². The van der Waals surface area contributed by atoms with Crippen LogP contribution < -0.4 is 16.0 Å². The smallest absolute Gasteiger partial charge is 0.255 e. The maximum absolute atomic E-state index is 12.5. The minimum absolute atomic E-state index is 0.160. The Balaban J connectivity index is 1.97. The molecule has 0 atom stereocenters. The van der Waals surface area contributed by atoms with Crippen LogP contribution in [0.15, 0.2) is 42.6 Å². The number of pyridine rings is 1. The second-order valence-corrected chi connectivity index (χ2v) is 6.23. The van der Waals surface area contributed by atoms with E-state index >= 15 is 0 Å². The first kappa shape index (κ1) is 19.4. The largest absolute Gasteiger partial charge is 0.370 e. The molecule has 2 aromatic rings. The lowest BCUT2D eigenvalue weighted by atomic mass is 10.2. The lowest BCUT2D eigenvalue weighted by molar-refractivity contribution is -0.114. The van der Waals surface area contributed by atoms with Crippen LogP contribution in [0.5, 0.6) is 0 Å². The number of carbonyl (C=O) groups is 2. The molecule has 2 rings (SSSR count). The van der Waals surface area contributed by atoms with Gasteiger partial charge < -0.3 is 20.9 Å². The average Bonchev–Trinajstić information content (AvgIpc) is 2.58. The van der Waals surface area contributed by atoms with Crippen LogP contribution in [0.3, 0.4) is 0 Å². The third-order valence-corrected chi connectivity index (χ3v) is 3.55. The third-order valence-electron chi connectivity index (χ3n) is 3.55. The number of amides is 2. The van der Waals surface area contributed by atoms with Gasteiger partial charge in [0.1, 0.15) is 5.82 Å². The molecule has 138 valence electrons. The number of nitrogens with zero attached hydrogens (tertiary/aromatic N) is 2. The summed E-state index contributed by atoms with van der Waals surface area (Å²) < 4.78 is 0. The molecule has 0 bridgehead atoms. The van der Waals surface area contributed by atoms with Gasteiger partial charge in [-0.2, -0.15) is 0 Å². The van der Waals surface area contributed by atoms with Gasteiger partial charge in [-0.1, -0.05) is 6.07 Å². The van der Waals surface area contributed by atoms with Gasteiger partial charge in [-0.25, -0.2) is 4.98 Å². The summed E-state index contributed by atoms with van der Waals surface area (Å²) in [5.74, 6) is 0.278. The van der Waals surface area contributed by atoms with Gasteiger partial charge in [-0.3, -0.25) is 9.59 Å². The molecule has 1 heterocycles. The fourth-order valence-corrected chi connectivity index (χ4v) is 2.36. The van der Waals surface area contributed by atoms with Crippen molar-refractivity contribution in [1.29, 1.82) is 0 Å². The van der Waals surface area contributed by atoms with E-state index in [-0.39, 0.29) is 11.8 Å². The predicted molar refractivity (Wildman–Crippen MR) is 105 cm³/mol. The molecule has 7 heteroatoms. The lowest BCUT2D eigenvalue weighted by Crippen LogP contribution is -2.17. The first-order valence-corrected chi connectivity index (χ1v) is 8.47. The van der Waals surface area contributed by atoms with Crippen molar-refractivity contribution in [3.05, 3.63) is 48.2 Å². The van der Waals surface area contributed by atoms with Crippen molar-refractivity contribution < 1.29 is 9.59 Å². The van der Waals surface area contributed by atoms with Crippen LogP contribution in [0.2, 0.25) is 0 Å². The van der Waals surface area contributed by atoms with E-state index in [0.717, 1.165) is 19.5 Å². The van der Waals surface area contributed by atoms with Crippen molar-refractivity contribution in [2.45, 2.75) is 13.3 Å². The van der Waals surface area contributed by atoms with Crippen LogP contribution in [-0.2, 0) is 4.79 Å². The van der Waals surface area contributed by atoms with E-state index in [4.69, 9.17) is 0 Å². The zero-order chi connectivity index (χ0) is 18.9. The summed E-state index contributed by atoms with van der Waals surface area (Å²) >= 11 is 0. The molecule has 0 spiro atoms.